The van der Waals surface area contributed by atoms with Gasteiger partial charge in [-0.05, 0) is 6.42 Å². The number of piperidine rings is 1. The van der Waals surface area contributed by atoms with Gasteiger partial charge >= 0.3 is 0 Å². The minimum absolute atomic E-state index is 0.00116. The van der Waals surface area contributed by atoms with Crippen LogP contribution in [-0.2, 0) is 0 Å². The van der Waals surface area contributed by atoms with Crippen LogP contribution >= 0.6 is 0 Å². The Morgan fingerprint density at radius 1 is 1.60 bits per heavy atom. The lowest BCUT2D eigenvalue weighted by molar-refractivity contribution is -0.212. The van der Waals surface area contributed by atoms with Gasteiger partial charge in [-0.1, -0.05) is 6.92 Å². The zero-order valence-electron chi connectivity index (χ0n) is 6.30. The van der Waals surface area contributed by atoms with Crippen LogP contribution in [0.5, 0.6) is 0 Å². The van der Waals surface area contributed by atoms with Gasteiger partial charge in [0.05, 0.1) is 0 Å². The molecule has 0 spiro atoms. The highest BCUT2D eigenvalue weighted by atomic mass is 16.5. The van der Waals surface area contributed by atoms with Gasteiger partial charge in [-0.15, -0.1) is 0 Å². The summed E-state index contributed by atoms with van der Waals surface area (Å²) in [6, 6.07) is 0. The first-order chi connectivity index (χ1) is 4.67. The number of aliphatic hydroxyl groups is 2. The predicted molar refractivity (Wildman–Crippen MR) is 38.4 cm³/mol. The summed E-state index contributed by atoms with van der Waals surface area (Å²) in [7, 11) is 0. The third-order valence-corrected chi connectivity index (χ3v) is 2.21. The van der Waals surface area contributed by atoms with Crippen LogP contribution in [-0.4, -0.2) is 29.1 Å². The molecular formula is C7H15NO2. The molecule has 0 saturated carbocycles. The molecule has 1 atom stereocenters. The van der Waals surface area contributed by atoms with E-state index in [0.29, 0.717) is 13.0 Å². The largest absolute Gasteiger partial charge is 0.365 e. The first kappa shape index (κ1) is 7.98. The summed E-state index contributed by atoms with van der Waals surface area (Å²) in [5.74, 6) is -1.42. The van der Waals surface area contributed by atoms with Crippen LogP contribution in [0.1, 0.15) is 19.8 Å². The van der Waals surface area contributed by atoms with Crippen molar-refractivity contribution < 1.29 is 10.2 Å². The lowest BCUT2D eigenvalue weighted by Crippen LogP contribution is -2.49. The monoisotopic (exact) mass is 145 g/mol. The van der Waals surface area contributed by atoms with E-state index in [4.69, 9.17) is 0 Å². The fourth-order valence-electron chi connectivity index (χ4n) is 1.39. The van der Waals surface area contributed by atoms with Crippen molar-refractivity contribution in [1.29, 1.82) is 0 Å². The second kappa shape index (κ2) is 2.86. The molecule has 10 heavy (non-hydrogen) atoms. The summed E-state index contributed by atoms with van der Waals surface area (Å²) in [5, 5.41) is 21.8. The molecule has 3 heteroatoms. The van der Waals surface area contributed by atoms with E-state index < -0.39 is 5.79 Å². The van der Waals surface area contributed by atoms with Gasteiger partial charge in [0, 0.05) is 25.4 Å². The van der Waals surface area contributed by atoms with Crippen molar-refractivity contribution in [3.8, 4) is 0 Å². The van der Waals surface area contributed by atoms with Crippen LogP contribution < -0.4 is 5.32 Å². The Labute approximate surface area is 61.1 Å². The Morgan fingerprint density at radius 3 is 2.70 bits per heavy atom. The van der Waals surface area contributed by atoms with E-state index in [9.17, 15) is 10.2 Å². The fraction of sp³-hybridized carbons (Fsp3) is 1.00. The molecule has 0 bridgehead atoms. The number of hydrogen-bond acceptors (Lipinski definition) is 3. The normalized spacial score (nSPS) is 32.1. The van der Waals surface area contributed by atoms with Gasteiger partial charge in [-0.3, -0.25) is 0 Å². The van der Waals surface area contributed by atoms with E-state index in [1.807, 2.05) is 6.92 Å². The SMILES string of the molecule is CCC1CNCCC1(O)O. The predicted octanol–water partition coefficient (Wildman–Crippen LogP) is -0.313. The van der Waals surface area contributed by atoms with Crippen LogP contribution in [0.4, 0.5) is 0 Å². The van der Waals surface area contributed by atoms with E-state index in [1.165, 1.54) is 0 Å². The Balaban J connectivity index is 2.51. The molecule has 0 aromatic heterocycles. The van der Waals surface area contributed by atoms with Gasteiger partial charge in [0.25, 0.3) is 0 Å². The third kappa shape index (κ3) is 1.48. The van der Waals surface area contributed by atoms with Crippen molar-refractivity contribution in [1.82, 2.24) is 5.32 Å². The smallest absolute Gasteiger partial charge is 0.167 e. The van der Waals surface area contributed by atoms with Crippen molar-refractivity contribution in [2.75, 3.05) is 13.1 Å². The van der Waals surface area contributed by atoms with E-state index in [1.54, 1.807) is 0 Å². The van der Waals surface area contributed by atoms with Gasteiger partial charge in [-0.2, -0.15) is 0 Å². The van der Waals surface area contributed by atoms with Crippen LogP contribution in [0, 0.1) is 5.92 Å². The summed E-state index contributed by atoms with van der Waals surface area (Å²) >= 11 is 0. The Kier molecular flexibility index (Phi) is 2.28. The van der Waals surface area contributed by atoms with Crippen LogP contribution in [0.15, 0.2) is 0 Å². The molecule has 1 aliphatic rings. The highest BCUT2D eigenvalue weighted by Gasteiger charge is 2.34. The Morgan fingerprint density at radius 2 is 2.30 bits per heavy atom. The molecule has 0 radical (unpaired) electrons. The molecular weight excluding hydrogens is 130 g/mol. The van der Waals surface area contributed by atoms with Crippen LogP contribution in [0.3, 0.4) is 0 Å². The maximum atomic E-state index is 9.35. The van der Waals surface area contributed by atoms with Crippen molar-refractivity contribution >= 4 is 0 Å². The van der Waals surface area contributed by atoms with Crippen LogP contribution in [0.25, 0.3) is 0 Å². The molecule has 1 saturated heterocycles. The van der Waals surface area contributed by atoms with E-state index >= 15 is 0 Å². The second-order valence-electron chi connectivity index (χ2n) is 2.94. The summed E-state index contributed by atoms with van der Waals surface area (Å²) in [6.45, 7) is 3.41. The number of hydrogen-bond donors (Lipinski definition) is 3. The molecule has 3 nitrogen and oxygen atoms in total. The summed E-state index contributed by atoms with van der Waals surface area (Å²) in [6.07, 6.45) is 1.27. The van der Waals surface area contributed by atoms with Crippen molar-refractivity contribution in [2.45, 2.75) is 25.6 Å². The fourth-order valence-corrected chi connectivity index (χ4v) is 1.39. The topological polar surface area (TPSA) is 52.5 Å². The minimum Gasteiger partial charge on any atom is -0.365 e. The molecule has 0 amide bonds. The van der Waals surface area contributed by atoms with Crippen molar-refractivity contribution in [3.05, 3.63) is 0 Å². The van der Waals surface area contributed by atoms with Gasteiger partial charge in [0.2, 0.25) is 0 Å². The second-order valence-corrected chi connectivity index (χ2v) is 2.94. The summed E-state index contributed by atoms with van der Waals surface area (Å²) < 4.78 is 0. The molecule has 1 fully saturated rings. The third-order valence-electron chi connectivity index (χ3n) is 2.21. The van der Waals surface area contributed by atoms with E-state index in [-0.39, 0.29) is 5.92 Å². The summed E-state index contributed by atoms with van der Waals surface area (Å²) in [4.78, 5) is 0. The number of rotatable bonds is 1. The molecule has 0 aliphatic carbocycles. The average molecular weight is 145 g/mol. The first-order valence-corrected chi connectivity index (χ1v) is 3.82. The molecule has 1 unspecified atom stereocenters. The van der Waals surface area contributed by atoms with Gasteiger partial charge in [0.1, 0.15) is 0 Å². The quantitative estimate of drug-likeness (QED) is 0.443. The Hall–Kier alpha value is -0.120. The van der Waals surface area contributed by atoms with Crippen LogP contribution in [0.2, 0.25) is 0 Å². The van der Waals surface area contributed by atoms with E-state index in [0.717, 1.165) is 13.0 Å². The molecule has 0 aromatic rings. The lowest BCUT2D eigenvalue weighted by atomic mass is 9.90. The minimum atomic E-state index is -1.42. The molecule has 3 N–H and O–H groups in total. The van der Waals surface area contributed by atoms with Gasteiger partial charge in [-0.25, -0.2) is 0 Å². The maximum absolute atomic E-state index is 9.35. The maximum Gasteiger partial charge on any atom is 0.167 e. The molecule has 1 rings (SSSR count). The van der Waals surface area contributed by atoms with Gasteiger partial charge < -0.3 is 15.5 Å². The zero-order chi connectivity index (χ0) is 7.61. The van der Waals surface area contributed by atoms with Crippen molar-refractivity contribution in [2.24, 2.45) is 5.92 Å². The zero-order valence-corrected chi connectivity index (χ0v) is 6.30. The molecule has 1 heterocycles. The average Bonchev–Trinajstić information content (AvgIpc) is 1.87. The molecule has 0 aromatic carbocycles. The van der Waals surface area contributed by atoms with Gasteiger partial charge in [0.15, 0.2) is 5.79 Å². The lowest BCUT2D eigenvalue weighted by Gasteiger charge is -2.35. The summed E-state index contributed by atoms with van der Waals surface area (Å²) in [5.41, 5.74) is 0. The Bertz CT molecular complexity index is 114. The highest BCUT2D eigenvalue weighted by Crippen LogP contribution is 2.23. The van der Waals surface area contributed by atoms with Crippen molar-refractivity contribution in [3.63, 3.8) is 0 Å². The standard InChI is InChI=1S/C7H15NO2/c1-2-6-5-8-4-3-7(6,9)10/h6,8-10H,2-5H2,1H3. The first-order valence-electron chi connectivity index (χ1n) is 3.82. The molecule has 1 aliphatic heterocycles. The molecule has 60 valence electrons. The highest BCUT2D eigenvalue weighted by molar-refractivity contribution is 4.81. The number of nitrogens with one attached hydrogen (secondary N) is 1. The van der Waals surface area contributed by atoms with E-state index in [2.05, 4.69) is 5.32 Å².